The fraction of sp³-hybridized carbons (Fsp3) is 0.188. The number of aromatic amines is 1. The van der Waals surface area contributed by atoms with Crippen LogP contribution in [0.25, 0.3) is 0 Å². The molecule has 0 aliphatic rings. The molecule has 0 fully saturated rings. The van der Waals surface area contributed by atoms with Gasteiger partial charge in [0.1, 0.15) is 21.4 Å². The van der Waals surface area contributed by atoms with E-state index in [2.05, 4.69) is 30.6 Å². The van der Waals surface area contributed by atoms with Crippen LogP contribution in [0, 0.1) is 0 Å². The maximum Gasteiger partial charge on any atom is 0.418 e. The van der Waals surface area contributed by atoms with Crippen LogP contribution in [-0.2, 0) is 6.18 Å². The molecule has 3 N–H and O–H groups in total. The number of amides is 2. The van der Waals surface area contributed by atoms with Gasteiger partial charge in [-0.1, -0.05) is 11.6 Å². The van der Waals surface area contributed by atoms with Gasteiger partial charge in [-0.2, -0.15) is 13.2 Å². The van der Waals surface area contributed by atoms with Crippen LogP contribution in [0.2, 0.25) is 5.02 Å². The molecule has 0 spiro atoms. The summed E-state index contributed by atoms with van der Waals surface area (Å²) in [4.78, 5) is 38.6. The number of aromatic nitrogens is 4. The second-order valence-electron chi connectivity index (χ2n) is 5.72. The number of rotatable bonds is 5. The number of halogens is 4. The Hall–Kier alpha value is -2.99. The lowest BCUT2D eigenvalue weighted by molar-refractivity contribution is -0.137. The van der Waals surface area contributed by atoms with E-state index in [9.17, 15) is 22.8 Å². The van der Waals surface area contributed by atoms with Gasteiger partial charge in [-0.15, -0.1) is 11.3 Å². The van der Waals surface area contributed by atoms with Crippen molar-refractivity contribution < 1.29 is 22.8 Å². The van der Waals surface area contributed by atoms with E-state index in [4.69, 9.17) is 11.6 Å². The molecule has 0 aliphatic carbocycles. The molecule has 0 bridgehead atoms. The SMILES string of the molecule is CC(NC(=O)c1cnc[nH]1)c1ncc(C(=O)Nc2cc(C(F)(F)F)c(Cl)cn2)s1. The number of imidazole rings is 1. The zero-order valence-electron chi connectivity index (χ0n) is 14.5. The number of carbonyl (C=O) groups is 2. The van der Waals surface area contributed by atoms with Crippen LogP contribution in [0.1, 0.15) is 43.7 Å². The van der Waals surface area contributed by atoms with E-state index in [1.807, 2.05) is 0 Å². The molecule has 3 rings (SSSR count). The minimum Gasteiger partial charge on any atom is -0.342 e. The summed E-state index contributed by atoms with van der Waals surface area (Å²) in [5.74, 6) is -1.40. The molecular formula is C16H12ClF3N6O2S. The largest absolute Gasteiger partial charge is 0.418 e. The molecule has 3 heterocycles. The Bertz CT molecular complexity index is 1040. The fourth-order valence-corrected chi connectivity index (χ4v) is 3.24. The highest BCUT2D eigenvalue weighted by Crippen LogP contribution is 2.35. The Morgan fingerprint density at radius 3 is 2.62 bits per heavy atom. The summed E-state index contributed by atoms with van der Waals surface area (Å²) in [7, 11) is 0. The van der Waals surface area contributed by atoms with Gasteiger partial charge in [-0.25, -0.2) is 15.0 Å². The number of pyridine rings is 1. The summed E-state index contributed by atoms with van der Waals surface area (Å²) in [6, 6.07) is 0.137. The molecule has 8 nitrogen and oxygen atoms in total. The van der Waals surface area contributed by atoms with Crippen molar-refractivity contribution in [1.29, 1.82) is 0 Å². The number of nitrogens with one attached hydrogen (secondary N) is 3. The van der Waals surface area contributed by atoms with Gasteiger partial charge >= 0.3 is 6.18 Å². The molecule has 0 saturated carbocycles. The normalized spacial score (nSPS) is 12.4. The third-order valence-electron chi connectivity index (χ3n) is 3.61. The monoisotopic (exact) mass is 444 g/mol. The molecule has 2 amide bonds. The van der Waals surface area contributed by atoms with Gasteiger partial charge in [0.2, 0.25) is 0 Å². The van der Waals surface area contributed by atoms with E-state index in [0.29, 0.717) is 11.1 Å². The summed E-state index contributed by atoms with van der Waals surface area (Å²) < 4.78 is 38.7. The Balaban J connectivity index is 1.69. The Morgan fingerprint density at radius 1 is 1.21 bits per heavy atom. The molecule has 3 aromatic rings. The third-order valence-corrected chi connectivity index (χ3v) is 5.09. The Morgan fingerprint density at radius 2 is 1.97 bits per heavy atom. The van der Waals surface area contributed by atoms with E-state index in [1.165, 1.54) is 18.7 Å². The van der Waals surface area contributed by atoms with Gasteiger partial charge in [-0.05, 0) is 13.0 Å². The van der Waals surface area contributed by atoms with E-state index in [0.717, 1.165) is 17.5 Å². The van der Waals surface area contributed by atoms with Crippen molar-refractivity contribution in [2.24, 2.45) is 0 Å². The van der Waals surface area contributed by atoms with Gasteiger partial charge in [0.25, 0.3) is 11.8 Å². The maximum atomic E-state index is 12.9. The first-order chi connectivity index (χ1) is 13.6. The standard InChI is InChI=1S/C16H12ClF3N6O2S/c1-7(25-13(27)10-4-21-6-24-10)15-23-5-11(29-15)14(28)26-12-2-8(16(18,19)20)9(17)3-22-12/h2-7H,1H3,(H,21,24)(H,25,27)(H,22,26,28). The molecule has 152 valence electrons. The van der Waals surface area contributed by atoms with Crippen molar-refractivity contribution in [3.05, 3.63) is 57.1 Å². The smallest absolute Gasteiger partial charge is 0.342 e. The lowest BCUT2D eigenvalue weighted by atomic mass is 10.2. The van der Waals surface area contributed by atoms with E-state index < -0.39 is 34.6 Å². The molecule has 29 heavy (non-hydrogen) atoms. The number of anilines is 1. The van der Waals surface area contributed by atoms with Crippen molar-refractivity contribution >= 4 is 40.6 Å². The molecule has 3 aromatic heterocycles. The topological polar surface area (TPSA) is 113 Å². The molecule has 0 aliphatic heterocycles. The van der Waals surface area contributed by atoms with Gasteiger partial charge in [-0.3, -0.25) is 9.59 Å². The zero-order chi connectivity index (χ0) is 21.2. The van der Waals surface area contributed by atoms with Crippen LogP contribution in [0.15, 0.2) is 31.0 Å². The Labute approximate surface area is 170 Å². The maximum absolute atomic E-state index is 12.9. The van der Waals surface area contributed by atoms with Crippen LogP contribution >= 0.6 is 22.9 Å². The molecular weight excluding hydrogens is 433 g/mol. The molecule has 0 radical (unpaired) electrons. The summed E-state index contributed by atoms with van der Waals surface area (Å²) in [6.45, 7) is 1.67. The van der Waals surface area contributed by atoms with Gasteiger partial charge in [0.05, 0.1) is 35.3 Å². The van der Waals surface area contributed by atoms with E-state index in [-0.39, 0.29) is 16.4 Å². The first kappa shape index (κ1) is 20.7. The van der Waals surface area contributed by atoms with Crippen molar-refractivity contribution in [2.45, 2.75) is 19.1 Å². The molecule has 1 unspecified atom stereocenters. The number of thiazole rings is 1. The van der Waals surface area contributed by atoms with Gasteiger partial charge < -0.3 is 15.6 Å². The van der Waals surface area contributed by atoms with Crippen LogP contribution in [-0.4, -0.2) is 31.8 Å². The average molecular weight is 445 g/mol. The number of hydrogen-bond acceptors (Lipinski definition) is 6. The summed E-state index contributed by atoms with van der Waals surface area (Å²) in [5, 5.41) is 4.82. The summed E-state index contributed by atoms with van der Waals surface area (Å²) >= 11 is 6.49. The quantitative estimate of drug-likeness (QED) is 0.555. The second kappa shape index (κ2) is 8.17. The van der Waals surface area contributed by atoms with E-state index >= 15 is 0 Å². The fourth-order valence-electron chi connectivity index (χ4n) is 2.21. The number of H-pyrrole nitrogens is 1. The first-order valence-electron chi connectivity index (χ1n) is 7.94. The molecule has 0 aromatic carbocycles. The minimum atomic E-state index is -4.68. The van der Waals surface area contributed by atoms with Gasteiger partial charge in [0, 0.05) is 6.20 Å². The van der Waals surface area contributed by atoms with Crippen LogP contribution in [0.4, 0.5) is 19.0 Å². The summed E-state index contributed by atoms with van der Waals surface area (Å²) in [5.41, 5.74) is -0.842. The van der Waals surface area contributed by atoms with Crippen LogP contribution < -0.4 is 10.6 Å². The van der Waals surface area contributed by atoms with Crippen LogP contribution in [0.3, 0.4) is 0 Å². The molecule has 0 saturated heterocycles. The molecule has 13 heteroatoms. The average Bonchev–Trinajstić information content (AvgIpc) is 3.34. The number of nitrogens with zero attached hydrogens (tertiary/aromatic N) is 3. The van der Waals surface area contributed by atoms with Crippen molar-refractivity contribution in [3.8, 4) is 0 Å². The first-order valence-corrected chi connectivity index (χ1v) is 9.13. The number of hydrogen-bond donors (Lipinski definition) is 3. The lowest BCUT2D eigenvalue weighted by Gasteiger charge is -2.10. The van der Waals surface area contributed by atoms with E-state index in [1.54, 1.807) is 6.92 Å². The number of carbonyl (C=O) groups excluding carboxylic acids is 2. The second-order valence-corrected chi connectivity index (χ2v) is 7.19. The highest BCUT2D eigenvalue weighted by Gasteiger charge is 2.34. The predicted molar refractivity (Wildman–Crippen MR) is 98.8 cm³/mol. The molecule has 1 atom stereocenters. The highest BCUT2D eigenvalue weighted by atomic mass is 35.5. The van der Waals surface area contributed by atoms with Gasteiger partial charge in [0.15, 0.2) is 0 Å². The minimum absolute atomic E-state index is 0.132. The predicted octanol–water partition coefficient (Wildman–Crippen LogP) is 3.68. The zero-order valence-corrected chi connectivity index (χ0v) is 16.1. The lowest BCUT2D eigenvalue weighted by Crippen LogP contribution is -2.26. The van der Waals surface area contributed by atoms with Crippen molar-refractivity contribution in [2.75, 3.05) is 5.32 Å². The Kier molecular flexibility index (Phi) is 5.84. The third kappa shape index (κ3) is 4.90. The highest BCUT2D eigenvalue weighted by molar-refractivity contribution is 7.13. The number of alkyl halides is 3. The van der Waals surface area contributed by atoms with Crippen LogP contribution in [0.5, 0.6) is 0 Å². The van der Waals surface area contributed by atoms with Crippen molar-refractivity contribution in [1.82, 2.24) is 25.3 Å². The van der Waals surface area contributed by atoms with Crippen molar-refractivity contribution in [3.63, 3.8) is 0 Å². The summed E-state index contributed by atoms with van der Waals surface area (Å²) in [6.07, 6.45) is 0.108.